The Morgan fingerprint density at radius 2 is 1.86 bits per heavy atom. The van der Waals surface area contributed by atoms with Crippen molar-refractivity contribution in [3.63, 3.8) is 0 Å². The van der Waals surface area contributed by atoms with Gasteiger partial charge in [-0.05, 0) is 31.1 Å². The minimum atomic E-state index is -0.567. The first-order chi connectivity index (χ1) is 10.0. The molecule has 0 radical (unpaired) electrons. The van der Waals surface area contributed by atoms with Crippen molar-refractivity contribution in [3.05, 3.63) is 0 Å². The van der Waals surface area contributed by atoms with Gasteiger partial charge in [0, 0.05) is 6.54 Å². The van der Waals surface area contributed by atoms with Crippen LogP contribution in [-0.4, -0.2) is 34.8 Å². The molecule has 3 rings (SSSR count). The van der Waals surface area contributed by atoms with Gasteiger partial charge in [-0.3, -0.25) is 9.59 Å². The predicted molar refractivity (Wildman–Crippen MR) is 81.6 cm³/mol. The number of nitrogens with one attached hydrogen (secondary N) is 1. The SMILES string of the molecule is CC(C)C1C(=O)NC2(CCCC2)C(=O)N1CCC1CCC1. The quantitative estimate of drug-likeness (QED) is 0.865. The standard InChI is InChI=1S/C17H28N2O2/c1-12(2)14-15(20)18-17(9-3-4-10-17)16(21)19(14)11-8-13-6-5-7-13/h12-14H,3-11H2,1-2H3,(H,18,20). The van der Waals surface area contributed by atoms with Crippen LogP contribution in [0.4, 0.5) is 0 Å². The van der Waals surface area contributed by atoms with Gasteiger partial charge >= 0.3 is 0 Å². The Labute approximate surface area is 127 Å². The summed E-state index contributed by atoms with van der Waals surface area (Å²) >= 11 is 0. The Bertz CT molecular complexity index is 423. The summed E-state index contributed by atoms with van der Waals surface area (Å²) in [5, 5.41) is 3.09. The molecule has 1 N–H and O–H groups in total. The molecule has 0 aromatic rings. The highest BCUT2D eigenvalue weighted by Crippen LogP contribution is 2.37. The van der Waals surface area contributed by atoms with Crippen LogP contribution in [0.5, 0.6) is 0 Å². The van der Waals surface area contributed by atoms with Gasteiger partial charge in [-0.25, -0.2) is 0 Å². The maximum atomic E-state index is 13.0. The van der Waals surface area contributed by atoms with E-state index in [4.69, 9.17) is 0 Å². The van der Waals surface area contributed by atoms with Gasteiger partial charge in [0.05, 0.1) is 0 Å². The molecule has 0 aromatic carbocycles. The van der Waals surface area contributed by atoms with E-state index >= 15 is 0 Å². The fourth-order valence-electron chi connectivity index (χ4n) is 4.23. The molecular formula is C17H28N2O2. The highest BCUT2D eigenvalue weighted by molar-refractivity contribution is 6.00. The van der Waals surface area contributed by atoms with E-state index in [1.54, 1.807) is 0 Å². The summed E-state index contributed by atoms with van der Waals surface area (Å²) in [6.07, 6.45) is 8.74. The summed E-state index contributed by atoms with van der Waals surface area (Å²) in [5.41, 5.74) is -0.567. The number of hydrogen-bond donors (Lipinski definition) is 1. The Morgan fingerprint density at radius 3 is 2.38 bits per heavy atom. The second-order valence-corrected chi connectivity index (χ2v) is 7.55. The van der Waals surface area contributed by atoms with E-state index in [9.17, 15) is 9.59 Å². The molecule has 2 saturated carbocycles. The normalized spacial score (nSPS) is 29.1. The average molecular weight is 292 g/mol. The number of rotatable bonds is 4. The van der Waals surface area contributed by atoms with Gasteiger partial charge in [-0.15, -0.1) is 0 Å². The molecule has 3 aliphatic rings. The van der Waals surface area contributed by atoms with E-state index in [2.05, 4.69) is 5.32 Å². The minimum absolute atomic E-state index is 0.0695. The molecule has 2 amide bonds. The molecule has 2 aliphatic carbocycles. The molecule has 1 atom stereocenters. The Morgan fingerprint density at radius 1 is 1.19 bits per heavy atom. The molecule has 4 heteroatoms. The van der Waals surface area contributed by atoms with Crippen molar-refractivity contribution in [3.8, 4) is 0 Å². The Hall–Kier alpha value is -1.06. The van der Waals surface area contributed by atoms with Gasteiger partial charge < -0.3 is 10.2 Å². The molecule has 0 bridgehead atoms. The van der Waals surface area contributed by atoms with Crippen LogP contribution < -0.4 is 5.32 Å². The maximum Gasteiger partial charge on any atom is 0.249 e. The first kappa shape index (κ1) is 14.9. The van der Waals surface area contributed by atoms with Crippen LogP contribution in [-0.2, 0) is 9.59 Å². The second-order valence-electron chi connectivity index (χ2n) is 7.55. The van der Waals surface area contributed by atoms with Crippen LogP contribution in [0.1, 0.15) is 65.2 Å². The molecule has 1 unspecified atom stereocenters. The summed E-state index contributed by atoms with van der Waals surface area (Å²) in [6, 6.07) is -0.274. The van der Waals surface area contributed by atoms with E-state index < -0.39 is 5.54 Å². The highest BCUT2D eigenvalue weighted by atomic mass is 16.2. The molecule has 1 spiro atoms. The summed E-state index contributed by atoms with van der Waals surface area (Å²) < 4.78 is 0. The number of hydrogen-bond acceptors (Lipinski definition) is 2. The van der Waals surface area contributed by atoms with E-state index in [0.29, 0.717) is 0 Å². The van der Waals surface area contributed by atoms with Crippen LogP contribution in [0.15, 0.2) is 0 Å². The number of piperazine rings is 1. The van der Waals surface area contributed by atoms with E-state index in [0.717, 1.165) is 44.6 Å². The summed E-state index contributed by atoms with van der Waals surface area (Å²) in [4.78, 5) is 27.5. The van der Waals surface area contributed by atoms with Crippen LogP contribution in [0, 0.1) is 11.8 Å². The smallest absolute Gasteiger partial charge is 0.249 e. The van der Waals surface area contributed by atoms with Crippen molar-refractivity contribution in [2.24, 2.45) is 11.8 Å². The van der Waals surface area contributed by atoms with E-state index in [-0.39, 0.29) is 23.8 Å². The summed E-state index contributed by atoms with van der Waals surface area (Å²) in [5.74, 6) is 1.21. The third kappa shape index (κ3) is 2.58. The van der Waals surface area contributed by atoms with Crippen molar-refractivity contribution < 1.29 is 9.59 Å². The third-order valence-corrected chi connectivity index (χ3v) is 5.73. The van der Waals surface area contributed by atoms with Crippen LogP contribution in [0.25, 0.3) is 0 Å². The molecule has 1 heterocycles. The monoisotopic (exact) mass is 292 g/mol. The maximum absolute atomic E-state index is 13.0. The zero-order valence-electron chi connectivity index (χ0n) is 13.4. The zero-order valence-corrected chi connectivity index (χ0v) is 13.4. The molecule has 1 saturated heterocycles. The van der Waals surface area contributed by atoms with E-state index in [1.165, 1.54) is 19.3 Å². The molecule has 118 valence electrons. The fourth-order valence-corrected chi connectivity index (χ4v) is 4.23. The third-order valence-electron chi connectivity index (χ3n) is 5.73. The number of amides is 2. The van der Waals surface area contributed by atoms with Gasteiger partial charge in [-0.2, -0.15) is 0 Å². The molecule has 3 fully saturated rings. The van der Waals surface area contributed by atoms with Crippen molar-refractivity contribution in [1.29, 1.82) is 0 Å². The largest absolute Gasteiger partial charge is 0.340 e. The van der Waals surface area contributed by atoms with Crippen LogP contribution in [0.2, 0.25) is 0 Å². The van der Waals surface area contributed by atoms with Crippen molar-refractivity contribution in [1.82, 2.24) is 10.2 Å². The first-order valence-electron chi connectivity index (χ1n) is 8.66. The first-order valence-corrected chi connectivity index (χ1v) is 8.66. The van der Waals surface area contributed by atoms with Gasteiger partial charge in [0.15, 0.2) is 0 Å². The lowest BCUT2D eigenvalue weighted by atomic mass is 9.82. The minimum Gasteiger partial charge on any atom is -0.340 e. The number of nitrogens with zero attached hydrogens (tertiary/aromatic N) is 1. The lowest BCUT2D eigenvalue weighted by Crippen LogP contribution is -2.70. The second kappa shape index (κ2) is 5.62. The van der Waals surface area contributed by atoms with Crippen molar-refractivity contribution in [2.45, 2.75) is 76.8 Å². The highest BCUT2D eigenvalue weighted by Gasteiger charge is 2.52. The average Bonchev–Trinajstić information content (AvgIpc) is 2.82. The van der Waals surface area contributed by atoms with Gasteiger partial charge in [0.1, 0.15) is 11.6 Å². The lowest BCUT2D eigenvalue weighted by Gasteiger charge is -2.46. The van der Waals surface area contributed by atoms with Crippen molar-refractivity contribution in [2.75, 3.05) is 6.54 Å². The molecule has 21 heavy (non-hydrogen) atoms. The summed E-state index contributed by atoms with van der Waals surface area (Å²) in [6.45, 7) is 4.85. The molecule has 4 nitrogen and oxygen atoms in total. The zero-order chi connectivity index (χ0) is 15.0. The Balaban J connectivity index is 1.78. The van der Waals surface area contributed by atoms with Crippen molar-refractivity contribution >= 4 is 11.8 Å². The van der Waals surface area contributed by atoms with Gasteiger partial charge in [0.25, 0.3) is 0 Å². The van der Waals surface area contributed by atoms with E-state index in [1.807, 2.05) is 18.7 Å². The fraction of sp³-hybridized carbons (Fsp3) is 0.882. The summed E-state index contributed by atoms with van der Waals surface area (Å²) in [7, 11) is 0. The Kier molecular flexibility index (Phi) is 3.98. The lowest BCUT2D eigenvalue weighted by molar-refractivity contribution is -0.157. The molecule has 1 aliphatic heterocycles. The predicted octanol–water partition coefficient (Wildman–Crippen LogP) is 2.47. The molecule has 0 aromatic heterocycles. The van der Waals surface area contributed by atoms with Gasteiger partial charge in [0.2, 0.25) is 11.8 Å². The van der Waals surface area contributed by atoms with Crippen LogP contribution in [0.3, 0.4) is 0 Å². The number of carbonyl (C=O) groups is 2. The molecular weight excluding hydrogens is 264 g/mol. The number of carbonyl (C=O) groups excluding carboxylic acids is 2. The van der Waals surface area contributed by atoms with Gasteiger partial charge in [-0.1, -0.05) is 46.0 Å². The topological polar surface area (TPSA) is 49.4 Å². The van der Waals surface area contributed by atoms with Crippen LogP contribution >= 0.6 is 0 Å².